The number of thioether (sulfide) groups is 1. The predicted octanol–water partition coefficient (Wildman–Crippen LogP) is 0.330. The summed E-state index contributed by atoms with van der Waals surface area (Å²) in [6.45, 7) is 3.73. The molecule has 1 N–H and O–H groups in total. The summed E-state index contributed by atoms with van der Waals surface area (Å²) >= 11 is 1.99. The Morgan fingerprint density at radius 3 is 2.94 bits per heavy atom. The molecule has 16 heavy (non-hydrogen) atoms. The van der Waals surface area contributed by atoms with Crippen LogP contribution in [-0.4, -0.2) is 61.2 Å². The molecule has 92 valence electrons. The van der Waals surface area contributed by atoms with Gasteiger partial charge in [-0.3, -0.25) is 4.79 Å². The maximum atomic E-state index is 11.8. The lowest BCUT2D eigenvalue weighted by atomic mass is 10.2. The molecule has 2 rings (SSSR count). The molecule has 0 spiro atoms. The maximum Gasteiger partial charge on any atom is 0.224 e. The van der Waals surface area contributed by atoms with Crippen LogP contribution in [-0.2, 0) is 9.53 Å². The Labute approximate surface area is 101 Å². The maximum absolute atomic E-state index is 11.8. The van der Waals surface area contributed by atoms with E-state index in [1.54, 1.807) is 0 Å². The zero-order valence-corrected chi connectivity index (χ0v) is 10.4. The summed E-state index contributed by atoms with van der Waals surface area (Å²) in [7, 11) is 0. The van der Waals surface area contributed by atoms with E-state index in [1.807, 2.05) is 16.7 Å². The van der Waals surface area contributed by atoms with Crippen LogP contribution in [0.25, 0.3) is 0 Å². The molecule has 0 aromatic carbocycles. The zero-order chi connectivity index (χ0) is 11.2. The largest absolute Gasteiger partial charge is 0.378 e. The summed E-state index contributed by atoms with van der Waals surface area (Å²) in [5.41, 5.74) is 0. The fourth-order valence-electron chi connectivity index (χ4n) is 2.05. The molecule has 0 saturated carbocycles. The summed E-state index contributed by atoms with van der Waals surface area (Å²) in [5.74, 6) is 2.72. The molecule has 0 aromatic heterocycles. The van der Waals surface area contributed by atoms with Crippen molar-refractivity contribution in [2.75, 3.05) is 44.4 Å². The molecule has 2 aliphatic rings. The molecule has 2 saturated heterocycles. The molecule has 2 aliphatic heterocycles. The van der Waals surface area contributed by atoms with Crippen molar-refractivity contribution < 1.29 is 9.53 Å². The lowest BCUT2D eigenvalue weighted by molar-refractivity contribution is -0.135. The molecule has 0 aromatic rings. The highest BCUT2D eigenvalue weighted by Gasteiger charge is 2.18. The Hall–Kier alpha value is -0.260. The molecule has 2 heterocycles. The minimum absolute atomic E-state index is 0.265. The van der Waals surface area contributed by atoms with Gasteiger partial charge in [-0.25, -0.2) is 0 Å². The quantitative estimate of drug-likeness (QED) is 0.774. The van der Waals surface area contributed by atoms with Crippen LogP contribution in [0.4, 0.5) is 0 Å². The van der Waals surface area contributed by atoms with Crippen molar-refractivity contribution in [2.45, 2.75) is 18.9 Å². The number of hydrogen-bond acceptors (Lipinski definition) is 4. The van der Waals surface area contributed by atoms with Gasteiger partial charge < -0.3 is 15.0 Å². The Bertz CT molecular complexity index is 226. The molecule has 1 atom stereocenters. The second-order valence-corrected chi connectivity index (χ2v) is 5.41. The molecule has 2 fully saturated rings. The van der Waals surface area contributed by atoms with Crippen LogP contribution in [0, 0.1) is 0 Å². The van der Waals surface area contributed by atoms with Gasteiger partial charge in [0.05, 0.1) is 13.2 Å². The molecule has 5 heteroatoms. The van der Waals surface area contributed by atoms with Gasteiger partial charge in [-0.2, -0.15) is 11.8 Å². The summed E-state index contributed by atoms with van der Waals surface area (Å²) in [4.78, 5) is 13.7. The number of rotatable bonds is 4. The average molecular weight is 244 g/mol. The first kappa shape index (κ1) is 12.2. The van der Waals surface area contributed by atoms with E-state index in [9.17, 15) is 4.79 Å². The average Bonchev–Trinajstić information content (AvgIpc) is 2.83. The molecule has 4 nitrogen and oxygen atoms in total. The highest BCUT2D eigenvalue weighted by Crippen LogP contribution is 2.16. The Kier molecular flexibility index (Phi) is 4.93. The van der Waals surface area contributed by atoms with Crippen molar-refractivity contribution in [1.82, 2.24) is 10.2 Å². The molecule has 0 aliphatic carbocycles. The third-order valence-corrected chi connectivity index (χ3v) is 4.23. The van der Waals surface area contributed by atoms with E-state index in [2.05, 4.69) is 5.32 Å². The lowest BCUT2D eigenvalue weighted by Crippen LogP contribution is -2.42. The number of carbonyl (C=O) groups excluding carboxylic acids is 1. The van der Waals surface area contributed by atoms with E-state index < -0.39 is 0 Å². The third-order valence-electron chi connectivity index (χ3n) is 3.07. The van der Waals surface area contributed by atoms with Crippen molar-refractivity contribution in [3.63, 3.8) is 0 Å². The van der Waals surface area contributed by atoms with Gasteiger partial charge in [0.2, 0.25) is 5.91 Å². The topological polar surface area (TPSA) is 41.6 Å². The Morgan fingerprint density at radius 2 is 2.25 bits per heavy atom. The summed E-state index contributed by atoms with van der Waals surface area (Å²) in [6.07, 6.45) is 1.87. The third kappa shape index (κ3) is 3.64. The molecular weight excluding hydrogens is 224 g/mol. The zero-order valence-electron chi connectivity index (χ0n) is 9.61. The molecule has 0 radical (unpaired) electrons. The van der Waals surface area contributed by atoms with Gasteiger partial charge in [-0.15, -0.1) is 0 Å². The van der Waals surface area contributed by atoms with Gasteiger partial charge in [-0.1, -0.05) is 0 Å². The van der Waals surface area contributed by atoms with Gasteiger partial charge in [0.1, 0.15) is 0 Å². The van der Waals surface area contributed by atoms with Gasteiger partial charge in [0.15, 0.2) is 0 Å². The fourth-order valence-corrected chi connectivity index (χ4v) is 3.24. The lowest BCUT2D eigenvalue weighted by Gasteiger charge is -2.27. The molecule has 1 unspecified atom stereocenters. The SMILES string of the molecule is O=C(CCNC1CCSC1)N1CCOCC1. The van der Waals surface area contributed by atoms with E-state index in [1.165, 1.54) is 17.9 Å². The van der Waals surface area contributed by atoms with Gasteiger partial charge in [-0.05, 0) is 12.2 Å². The number of nitrogens with one attached hydrogen (secondary N) is 1. The number of morpholine rings is 1. The van der Waals surface area contributed by atoms with Crippen LogP contribution < -0.4 is 5.32 Å². The van der Waals surface area contributed by atoms with E-state index in [4.69, 9.17) is 4.74 Å². The monoisotopic (exact) mass is 244 g/mol. The molecule has 1 amide bonds. The second-order valence-electron chi connectivity index (χ2n) is 4.26. The highest BCUT2D eigenvalue weighted by molar-refractivity contribution is 7.99. The van der Waals surface area contributed by atoms with Crippen molar-refractivity contribution in [3.8, 4) is 0 Å². The normalized spacial score (nSPS) is 26.0. The van der Waals surface area contributed by atoms with Gasteiger partial charge >= 0.3 is 0 Å². The summed E-state index contributed by atoms with van der Waals surface area (Å²) in [5, 5.41) is 3.45. The van der Waals surface area contributed by atoms with Crippen LogP contribution in [0.1, 0.15) is 12.8 Å². The van der Waals surface area contributed by atoms with Crippen molar-refractivity contribution >= 4 is 17.7 Å². The smallest absolute Gasteiger partial charge is 0.224 e. The van der Waals surface area contributed by atoms with Crippen molar-refractivity contribution in [3.05, 3.63) is 0 Å². The highest BCUT2D eigenvalue weighted by atomic mass is 32.2. The minimum atomic E-state index is 0.265. The minimum Gasteiger partial charge on any atom is -0.378 e. The number of carbonyl (C=O) groups is 1. The number of nitrogens with zero attached hydrogens (tertiary/aromatic N) is 1. The first-order valence-corrected chi connectivity index (χ1v) is 7.18. The van der Waals surface area contributed by atoms with E-state index in [-0.39, 0.29) is 5.91 Å². The van der Waals surface area contributed by atoms with Gasteiger partial charge in [0, 0.05) is 37.8 Å². The van der Waals surface area contributed by atoms with Crippen LogP contribution in [0.5, 0.6) is 0 Å². The standard InChI is InChI=1S/C11H20N2O2S/c14-11(13-4-6-15-7-5-13)1-3-12-10-2-8-16-9-10/h10,12H,1-9H2. The van der Waals surface area contributed by atoms with E-state index >= 15 is 0 Å². The summed E-state index contributed by atoms with van der Waals surface area (Å²) in [6, 6.07) is 0.627. The second kappa shape index (κ2) is 6.47. The van der Waals surface area contributed by atoms with Crippen molar-refractivity contribution in [2.24, 2.45) is 0 Å². The fraction of sp³-hybridized carbons (Fsp3) is 0.909. The molecule has 0 bridgehead atoms. The first-order valence-electron chi connectivity index (χ1n) is 6.03. The number of ether oxygens (including phenoxy) is 1. The van der Waals surface area contributed by atoms with Gasteiger partial charge in [0.25, 0.3) is 0 Å². The summed E-state index contributed by atoms with van der Waals surface area (Å²) < 4.78 is 5.22. The van der Waals surface area contributed by atoms with Crippen LogP contribution in [0.2, 0.25) is 0 Å². The Morgan fingerprint density at radius 1 is 1.44 bits per heavy atom. The number of amides is 1. The Balaban J connectivity index is 1.59. The number of hydrogen-bond donors (Lipinski definition) is 1. The predicted molar refractivity (Wildman–Crippen MR) is 65.7 cm³/mol. The van der Waals surface area contributed by atoms with Crippen LogP contribution in [0.15, 0.2) is 0 Å². The van der Waals surface area contributed by atoms with E-state index in [0.717, 1.165) is 19.6 Å². The van der Waals surface area contributed by atoms with Crippen LogP contribution in [0.3, 0.4) is 0 Å². The van der Waals surface area contributed by atoms with E-state index in [0.29, 0.717) is 25.7 Å². The van der Waals surface area contributed by atoms with Crippen LogP contribution >= 0.6 is 11.8 Å². The molecular formula is C11H20N2O2S. The first-order chi connectivity index (χ1) is 7.86. The van der Waals surface area contributed by atoms with Crippen molar-refractivity contribution in [1.29, 1.82) is 0 Å².